The Bertz CT molecular complexity index is 581. The number of nitrogens with zero attached hydrogens (tertiary/aromatic N) is 3. The van der Waals surface area contributed by atoms with Crippen molar-refractivity contribution in [3.8, 4) is 5.75 Å². The molecule has 2 aromatic rings. The number of pyridine rings is 1. The van der Waals surface area contributed by atoms with Crippen LogP contribution in [0, 0.1) is 6.92 Å². The lowest BCUT2D eigenvalue weighted by Crippen LogP contribution is -2.28. The molecule has 0 aromatic carbocycles. The Labute approximate surface area is 110 Å². The number of nitrogens with one attached hydrogen (secondary N) is 2. The first-order chi connectivity index (χ1) is 9.10. The molecule has 7 nitrogen and oxygen atoms in total. The van der Waals surface area contributed by atoms with Crippen molar-refractivity contribution in [2.24, 2.45) is 0 Å². The first kappa shape index (κ1) is 13.0. The number of aromatic amines is 1. The van der Waals surface area contributed by atoms with Crippen LogP contribution < -0.4 is 10.1 Å². The average Bonchev–Trinajstić information content (AvgIpc) is 2.85. The molecule has 2 aromatic heterocycles. The number of hydrogen-bond donors (Lipinski definition) is 2. The number of ether oxygens (including phenoxy) is 1. The van der Waals surface area contributed by atoms with Crippen LogP contribution in [0.3, 0.4) is 0 Å². The predicted octanol–water partition coefficient (Wildman–Crippen LogP) is 1.01. The maximum absolute atomic E-state index is 12.0. The Morgan fingerprint density at radius 2 is 2.32 bits per heavy atom. The number of aromatic nitrogens is 4. The second-order valence-corrected chi connectivity index (χ2v) is 4.06. The van der Waals surface area contributed by atoms with Gasteiger partial charge in [0.1, 0.15) is 17.3 Å². The monoisotopic (exact) mass is 261 g/mol. The molecule has 7 heteroatoms. The van der Waals surface area contributed by atoms with Gasteiger partial charge in [-0.3, -0.25) is 14.9 Å². The highest BCUT2D eigenvalue weighted by Gasteiger charge is 2.16. The first-order valence-corrected chi connectivity index (χ1v) is 5.80. The van der Waals surface area contributed by atoms with Gasteiger partial charge in [-0.25, -0.2) is 4.98 Å². The molecule has 0 unspecified atom stereocenters. The van der Waals surface area contributed by atoms with Crippen LogP contribution in [0.15, 0.2) is 18.3 Å². The van der Waals surface area contributed by atoms with Crippen molar-refractivity contribution >= 4 is 5.91 Å². The van der Waals surface area contributed by atoms with Crippen molar-refractivity contribution in [1.82, 2.24) is 25.5 Å². The van der Waals surface area contributed by atoms with Gasteiger partial charge in [0.2, 0.25) is 0 Å². The van der Waals surface area contributed by atoms with Crippen LogP contribution in [-0.4, -0.2) is 33.2 Å². The Morgan fingerprint density at radius 3 is 2.95 bits per heavy atom. The summed E-state index contributed by atoms with van der Waals surface area (Å²) >= 11 is 0. The maximum atomic E-state index is 12.0. The van der Waals surface area contributed by atoms with Gasteiger partial charge in [0, 0.05) is 12.3 Å². The van der Waals surface area contributed by atoms with E-state index < -0.39 is 0 Å². The zero-order chi connectivity index (χ0) is 13.8. The molecular weight excluding hydrogens is 246 g/mol. The largest absolute Gasteiger partial charge is 0.497 e. The molecule has 0 aliphatic rings. The fourth-order valence-electron chi connectivity index (χ4n) is 1.55. The van der Waals surface area contributed by atoms with Gasteiger partial charge in [-0.05, 0) is 19.9 Å². The van der Waals surface area contributed by atoms with Gasteiger partial charge in [0.15, 0.2) is 5.82 Å². The van der Waals surface area contributed by atoms with Crippen molar-refractivity contribution in [1.29, 1.82) is 0 Å². The molecule has 0 saturated heterocycles. The molecule has 0 saturated carbocycles. The second-order valence-electron chi connectivity index (χ2n) is 4.06. The van der Waals surface area contributed by atoms with Gasteiger partial charge in [0.25, 0.3) is 5.91 Å². The van der Waals surface area contributed by atoms with Crippen molar-refractivity contribution in [3.63, 3.8) is 0 Å². The molecule has 0 aliphatic carbocycles. The zero-order valence-electron chi connectivity index (χ0n) is 11.0. The van der Waals surface area contributed by atoms with E-state index in [9.17, 15) is 4.79 Å². The molecule has 0 radical (unpaired) electrons. The van der Waals surface area contributed by atoms with Gasteiger partial charge in [-0.2, -0.15) is 5.10 Å². The van der Waals surface area contributed by atoms with E-state index in [1.807, 2.05) is 0 Å². The van der Waals surface area contributed by atoms with E-state index in [-0.39, 0.29) is 11.9 Å². The van der Waals surface area contributed by atoms with E-state index in [0.717, 1.165) is 0 Å². The summed E-state index contributed by atoms with van der Waals surface area (Å²) in [7, 11) is 1.54. The minimum absolute atomic E-state index is 0.290. The molecule has 0 bridgehead atoms. The number of aryl methyl sites for hydroxylation is 1. The van der Waals surface area contributed by atoms with Crippen LogP contribution in [0.5, 0.6) is 5.75 Å². The second kappa shape index (κ2) is 5.47. The fourth-order valence-corrected chi connectivity index (χ4v) is 1.55. The van der Waals surface area contributed by atoms with Crippen LogP contribution in [0.2, 0.25) is 0 Å². The van der Waals surface area contributed by atoms with Gasteiger partial charge in [-0.15, -0.1) is 0 Å². The van der Waals surface area contributed by atoms with Gasteiger partial charge in [-0.1, -0.05) is 0 Å². The van der Waals surface area contributed by atoms with E-state index in [1.54, 1.807) is 26.0 Å². The molecule has 100 valence electrons. The maximum Gasteiger partial charge on any atom is 0.270 e. The number of hydrogen-bond acceptors (Lipinski definition) is 5. The molecule has 19 heavy (non-hydrogen) atoms. The highest BCUT2D eigenvalue weighted by atomic mass is 16.5. The van der Waals surface area contributed by atoms with Crippen LogP contribution in [-0.2, 0) is 0 Å². The summed E-state index contributed by atoms with van der Waals surface area (Å²) in [6, 6.07) is 2.95. The molecule has 1 atom stereocenters. The smallest absolute Gasteiger partial charge is 0.270 e. The third kappa shape index (κ3) is 3.06. The van der Waals surface area contributed by atoms with E-state index in [2.05, 4.69) is 25.5 Å². The highest BCUT2D eigenvalue weighted by molar-refractivity contribution is 5.92. The fraction of sp³-hybridized carbons (Fsp3) is 0.333. The number of H-pyrrole nitrogens is 1. The minimum Gasteiger partial charge on any atom is -0.497 e. The SMILES string of the molecule is COc1ccnc(C(=O)N[C@H](C)c2n[nH]c(C)n2)c1. The van der Waals surface area contributed by atoms with E-state index in [1.165, 1.54) is 13.3 Å². The molecule has 1 amide bonds. The normalized spacial score (nSPS) is 11.9. The third-order valence-corrected chi connectivity index (χ3v) is 2.55. The summed E-state index contributed by atoms with van der Waals surface area (Å²) in [4.78, 5) is 20.2. The van der Waals surface area contributed by atoms with E-state index >= 15 is 0 Å². The predicted molar refractivity (Wildman–Crippen MR) is 67.8 cm³/mol. The Morgan fingerprint density at radius 1 is 1.53 bits per heavy atom. The number of carbonyl (C=O) groups is 1. The van der Waals surface area contributed by atoms with Crippen LogP contribution in [0.25, 0.3) is 0 Å². The minimum atomic E-state index is -0.301. The highest BCUT2D eigenvalue weighted by Crippen LogP contribution is 2.12. The Kier molecular flexibility index (Phi) is 3.74. The summed E-state index contributed by atoms with van der Waals surface area (Å²) in [6.45, 7) is 3.61. The zero-order valence-corrected chi connectivity index (χ0v) is 11.0. The number of amides is 1. The van der Waals surface area contributed by atoms with Crippen molar-refractivity contribution in [2.75, 3.05) is 7.11 Å². The molecule has 0 fully saturated rings. The van der Waals surface area contributed by atoms with Crippen molar-refractivity contribution < 1.29 is 9.53 Å². The van der Waals surface area contributed by atoms with Gasteiger partial charge in [0.05, 0.1) is 13.2 Å². The topological polar surface area (TPSA) is 92.8 Å². The van der Waals surface area contributed by atoms with Gasteiger partial charge < -0.3 is 10.1 Å². The molecule has 2 heterocycles. The quantitative estimate of drug-likeness (QED) is 0.856. The molecule has 2 rings (SSSR count). The molecule has 0 aliphatic heterocycles. The summed E-state index contributed by atoms with van der Waals surface area (Å²) in [5, 5.41) is 9.51. The summed E-state index contributed by atoms with van der Waals surface area (Å²) in [6.07, 6.45) is 1.52. The van der Waals surface area contributed by atoms with Crippen LogP contribution >= 0.6 is 0 Å². The molecule has 2 N–H and O–H groups in total. The lowest BCUT2D eigenvalue weighted by atomic mass is 10.2. The standard InChI is InChI=1S/C12H15N5O2/c1-7(11-15-8(2)16-17-11)14-12(18)10-6-9(19-3)4-5-13-10/h4-7H,1-3H3,(H,14,18)(H,15,16,17)/t7-/m1/s1. The van der Waals surface area contributed by atoms with Crippen LogP contribution in [0.4, 0.5) is 0 Å². The van der Waals surface area contributed by atoms with E-state index in [4.69, 9.17) is 4.74 Å². The van der Waals surface area contributed by atoms with E-state index in [0.29, 0.717) is 23.1 Å². The Balaban J connectivity index is 2.08. The molecular formula is C12H15N5O2. The Hall–Kier alpha value is -2.44. The summed E-state index contributed by atoms with van der Waals surface area (Å²) in [5.41, 5.74) is 0.290. The summed E-state index contributed by atoms with van der Waals surface area (Å²) < 4.78 is 5.05. The van der Waals surface area contributed by atoms with Crippen molar-refractivity contribution in [2.45, 2.75) is 19.9 Å². The first-order valence-electron chi connectivity index (χ1n) is 5.80. The average molecular weight is 261 g/mol. The number of methoxy groups -OCH3 is 1. The third-order valence-electron chi connectivity index (χ3n) is 2.55. The van der Waals surface area contributed by atoms with Crippen LogP contribution in [0.1, 0.15) is 35.1 Å². The number of rotatable bonds is 4. The summed E-state index contributed by atoms with van der Waals surface area (Å²) in [5.74, 6) is 1.53. The number of carbonyl (C=O) groups excluding carboxylic acids is 1. The lowest BCUT2D eigenvalue weighted by molar-refractivity contribution is 0.0933. The van der Waals surface area contributed by atoms with Crippen molar-refractivity contribution in [3.05, 3.63) is 35.7 Å². The molecule has 0 spiro atoms. The van der Waals surface area contributed by atoms with Gasteiger partial charge >= 0.3 is 0 Å². The lowest BCUT2D eigenvalue weighted by Gasteiger charge is -2.10.